The van der Waals surface area contributed by atoms with Crippen LogP contribution in [0.4, 0.5) is 10.5 Å². The number of hydrogen-bond acceptors (Lipinski definition) is 5. The van der Waals surface area contributed by atoms with Gasteiger partial charge in [0.15, 0.2) is 0 Å². The summed E-state index contributed by atoms with van der Waals surface area (Å²) >= 11 is 0. The fourth-order valence-electron chi connectivity index (χ4n) is 3.13. The van der Waals surface area contributed by atoms with E-state index in [9.17, 15) is 14.9 Å². The molecule has 0 saturated carbocycles. The second kappa shape index (κ2) is 7.16. The number of amides is 1. The maximum atomic E-state index is 11.4. The van der Waals surface area contributed by atoms with Crippen LogP contribution in [0.15, 0.2) is 70.6 Å². The van der Waals surface area contributed by atoms with Gasteiger partial charge in [0.2, 0.25) is 0 Å². The molecule has 3 aromatic rings. The highest BCUT2D eigenvalue weighted by molar-refractivity contribution is 8.23. The summed E-state index contributed by atoms with van der Waals surface area (Å²) in [6, 6.07) is 5.17. The average molecular weight is 397 g/mol. The maximum Gasteiger partial charge on any atom is 0.409 e. The van der Waals surface area contributed by atoms with Gasteiger partial charge < -0.3 is 9.67 Å². The Morgan fingerprint density at radius 2 is 2.11 bits per heavy atom. The molecule has 2 aromatic heterocycles. The molecule has 9 nitrogen and oxygen atoms in total. The lowest BCUT2D eigenvalue weighted by molar-refractivity contribution is -0.410. The molecule has 0 spiro atoms. The summed E-state index contributed by atoms with van der Waals surface area (Å²) in [6.45, 7) is 0.457. The molecular weight excluding hydrogens is 382 g/mol. The Bertz CT molecular complexity index is 1140. The lowest BCUT2D eigenvalue weighted by atomic mass is 10.2. The highest BCUT2D eigenvalue weighted by Gasteiger charge is 2.26. The summed E-state index contributed by atoms with van der Waals surface area (Å²) in [6.07, 6.45) is 8.80. The molecule has 2 N–H and O–H groups in total. The second-order valence-corrected chi connectivity index (χ2v) is 8.02. The molecule has 1 atom stereocenters. The van der Waals surface area contributed by atoms with Crippen LogP contribution in [0.25, 0.3) is 10.9 Å². The van der Waals surface area contributed by atoms with E-state index < -0.39 is 17.0 Å². The Kier molecular flexibility index (Phi) is 4.53. The van der Waals surface area contributed by atoms with Crippen LogP contribution >= 0.6 is 10.9 Å². The smallest absolute Gasteiger partial charge is 0.409 e. The van der Waals surface area contributed by atoms with Gasteiger partial charge >= 0.3 is 6.09 Å². The van der Waals surface area contributed by atoms with Gasteiger partial charge in [-0.15, -0.1) is 10.9 Å². The van der Waals surface area contributed by atoms with E-state index in [1.807, 2.05) is 16.2 Å². The third-order valence-electron chi connectivity index (χ3n) is 4.25. The zero-order valence-corrected chi connectivity index (χ0v) is 15.3. The van der Waals surface area contributed by atoms with E-state index in [0.29, 0.717) is 12.2 Å². The van der Waals surface area contributed by atoms with Gasteiger partial charge in [-0.3, -0.25) is 15.4 Å². The van der Waals surface area contributed by atoms with Gasteiger partial charge in [0.25, 0.3) is 5.03 Å². The summed E-state index contributed by atoms with van der Waals surface area (Å²) in [5.74, 6) is 0. The van der Waals surface area contributed by atoms with Crippen LogP contribution in [0.3, 0.4) is 0 Å². The molecule has 4 rings (SSSR count). The molecule has 0 fully saturated rings. The Labute approximate surface area is 161 Å². The molecule has 142 valence electrons. The first-order chi connectivity index (χ1) is 13.5. The molecule has 0 saturated heterocycles. The molecule has 1 aliphatic rings. The largest absolute Gasteiger partial charge is 0.465 e. The van der Waals surface area contributed by atoms with Crippen molar-refractivity contribution in [2.45, 2.75) is 11.4 Å². The first kappa shape index (κ1) is 17.7. The van der Waals surface area contributed by atoms with Gasteiger partial charge in [-0.1, -0.05) is 0 Å². The number of nitrogens with one attached hydrogen (secondary N) is 1. The number of hydrogen-bond donors (Lipinski definition) is 3. The standard InChI is InChI=1S/C18H15N5O4S/c24-18(25)21-13-3-4-14-15(6-13)22(9-12-7-19-11-20-8-12)10-16(14)28-5-1-2-17(28)23(26)27/h1-8,10-11,21,28H,9H2,(H,24,25). The molecule has 28 heavy (non-hydrogen) atoms. The fraction of sp³-hybridized carbons (Fsp3) is 0.0556. The predicted molar refractivity (Wildman–Crippen MR) is 106 cm³/mol. The van der Waals surface area contributed by atoms with E-state index in [1.165, 1.54) is 12.4 Å². The Morgan fingerprint density at radius 1 is 1.32 bits per heavy atom. The van der Waals surface area contributed by atoms with E-state index >= 15 is 0 Å². The molecule has 0 radical (unpaired) electrons. The number of anilines is 1. The van der Waals surface area contributed by atoms with Crippen LogP contribution in [0.5, 0.6) is 0 Å². The van der Waals surface area contributed by atoms with Crippen molar-refractivity contribution in [2.24, 2.45) is 0 Å². The van der Waals surface area contributed by atoms with Crippen molar-refractivity contribution in [3.63, 3.8) is 0 Å². The summed E-state index contributed by atoms with van der Waals surface area (Å²) in [4.78, 5) is 30.9. The zero-order chi connectivity index (χ0) is 19.7. The number of allylic oxidation sites excluding steroid dienone is 2. The lowest BCUT2D eigenvalue weighted by Gasteiger charge is -2.10. The van der Waals surface area contributed by atoms with Gasteiger partial charge in [-0.05, 0) is 29.7 Å². The van der Waals surface area contributed by atoms with Gasteiger partial charge in [-0.25, -0.2) is 14.8 Å². The van der Waals surface area contributed by atoms with Crippen LogP contribution in [0.1, 0.15) is 5.56 Å². The number of rotatable bonds is 5. The average Bonchev–Trinajstić information content (AvgIpc) is 3.27. The van der Waals surface area contributed by atoms with Crippen LogP contribution in [0.2, 0.25) is 0 Å². The molecule has 1 aromatic carbocycles. The minimum Gasteiger partial charge on any atom is -0.465 e. The van der Waals surface area contributed by atoms with Crippen LogP contribution < -0.4 is 5.32 Å². The Hall–Kier alpha value is -3.66. The van der Waals surface area contributed by atoms with Crippen molar-refractivity contribution < 1.29 is 14.8 Å². The molecule has 0 bridgehead atoms. The minimum absolute atomic E-state index is 0.171. The SMILES string of the molecule is O=C(O)Nc1ccc2c([SH]3C=CC=C3[N+](=O)[O-])cn(Cc3cncnc3)c2c1. The molecule has 1 amide bonds. The molecule has 0 aliphatic carbocycles. The van der Waals surface area contributed by atoms with Crippen molar-refractivity contribution >= 4 is 33.6 Å². The number of carbonyl (C=O) groups is 1. The van der Waals surface area contributed by atoms with Gasteiger partial charge in [0, 0.05) is 46.2 Å². The molecule has 1 aliphatic heterocycles. The highest BCUT2D eigenvalue weighted by Crippen LogP contribution is 2.51. The predicted octanol–water partition coefficient (Wildman–Crippen LogP) is 3.58. The van der Waals surface area contributed by atoms with Crippen LogP contribution in [-0.2, 0) is 6.54 Å². The van der Waals surface area contributed by atoms with Crippen molar-refractivity contribution in [1.29, 1.82) is 0 Å². The number of aromatic nitrogens is 3. The number of nitrogens with zero attached hydrogens (tertiary/aromatic N) is 4. The summed E-state index contributed by atoms with van der Waals surface area (Å²) in [5.41, 5.74) is 2.06. The molecule has 1 unspecified atom stereocenters. The van der Waals surface area contributed by atoms with Gasteiger partial charge in [-0.2, -0.15) is 0 Å². The summed E-state index contributed by atoms with van der Waals surface area (Å²) in [5, 5.41) is 25.6. The summed E-state index contributed by atoms with van der Waals surface area (Å²) in [7, 11) is -1.23. The molecule has 3 heterocycles. The number of carboxylic acid groups (broad SMARTS) is 1. The third-order valence-corrected chi connectivity index (χ3v) is 6.41. The fourth-order valence-corrected chi connectivity index (χ4v) is 5.08. The normalized spacial score (nSPS) is 16.9. The highest BCUT2D eigenvalue weighted by atomic mass is 32.2. The van der Waals surface area contributed by atoms with E-state index in [2.05, 4.69) is 15.3 Å². The molecule has 10 heteroatoms. The monoisotopic (exact) mass is 397 g/mol. The quantitative estimate of drug-likeness (QED) is 0.343. The van der Waals surface area contributed by atoms with E-state index in [0.717, 1.165) is 21.4 Å². The van der Waals surface area contributed by atoms with E-state index in [-0.39, 0.29) is 9.95 Å². The lowest BCUT2D eigenvalue weighted by Crippen LogP contribution is -2.07. The van der Waals surface area contributed by atoms with Crippen molar-refractivity contribution in [2.75, 3.05) is 5.32 Å². The zero-order valence-electron chi connectivity index (χ0n) is 14.4. The Morgan fingerprint density at radius 3 is 2.82 bits per heavy atom. The number of benzene rings is 1. The number of nitro groups is 1. The number of thiol groups is 1. The van der Waals surface area contributed by atoms with E-state index in [4.69, 9.17) is 5.11 Å². The van der Waals surface area contributed by atoms with Crippen LogP contribution in [0, 0.1) is 10.1 Å². The van der Waals surface area contributed by atoms with Crippen LogP contribution in [-0.4, -0.2) is 30.7 Å². The summed E-state index contributed by atoms with van der Waals surface area (Å²) < 4.78 is 1.93. The first-order valence-corrected chi connectivity index (χ1v) is 9.63. The first-order valence-electron chi connectivity index (χ1n) is 8.22. The third kappa shape index (κ3) is 3.32. The second-order valence-electron chi connectivity index (χ2n) is 6.04. The maximum absolute atomic E-state index is 11.4. The van der Waals surface area contributed by atoms with Crippen molar-refractivity contribution in [3.05, 3.63) is 81.4 Å². The topological polar surface area (TPSA) is 123 Å². The van der Waals surface area contributed by atoms with Crippen molar-refractivity contribution in [1.82, 2.24) is 14.5 Å². The van der Waals surface area contributed by atoms with Crippen molar-refractivity contribution in [3.8, 4) is 0 Å². The van der Waals surface area contributed by atoms with Gasteiger partial charge in [0.1, 0.15) is 6.33 Å². The number of fused-ring (bicyclic) bond motifs is 1. The minimum atomic E-state index is -1.23. The molecular formula is C18H15N5O4S. The van der Waals surface area contributed by atoms with Gasteiger partial charge in [0.05, 0.1) is 17.0 Å². The Balaban J connectivity index is 1.84. The van der Waals surface area contributed by atoms with E-state index in [1.54, 1.807) is 36.7 Å².